The van der Waals surface area contributed by atoms with Crippen molar-refractivity contribution in [2.24, 2.45) is 5.73 Å². The van der Waals surface area contributed by atoms with Crippen molar-refractivity contribution in [3.8, 4) is 0 Å². The minimum absolute atomic E-state index is 0.0121. The molecule has 96 valence electrons. The van der Waals surface area contributed by atoms with Crippen LogP contribution in [0.15, 0.2) is 29.2 Å². The first-order valence-corrected chi connectivity index (χ1v) is 6.02. The Morgan fingerprint density at radius 2 is 2.06 bits per heavy atom. The third-order valence-electron chi connectivity index (χ3n) is 3.19. The number of hydrogen-bond donors (Lipinski definition) is 1. The summed E-state index contributed by atoms with van der Waals surface area (Å²) in [7, 11) is 0. The van der Waals surface area contributed by atoms with E-state index in [2.05, 4.69) is 5.10 Å². The summed E-state index contributed by atoms with van der Waals surface area (Å²) in [5, 5.41) is 4.45. The van der Waals surface area contributed by atoms with Crippen molar-refractivity contribution in [2.45, 2.75) is 33.5 Å². The molecule has 2 aromatic rings. The van der Waals surface area contributed by atoms with E-state index in [0.717, 1.165) is 17.0 Å². The lowest BCUT2D eigenvalue weighted by atomic mass is 10.2. The van der Waals surface area contributed by atoms with Gasteiger partial charge in [0.05, 0.1) is 12.2 Å². The number of pyridine rings is 1. The molecule has 18 heavy (non-hydrogen) atoms. The van der Waals surface area contributed by atoms with Crippen molar-refractivity contribution < 1.29 is 0 Å². The number of aromatic nitrogens is 3. The third kappa shape index (κ3) is 2.36. The lowest BCUT2D eigenvalue weighted by Gasteiger charge is -2.07. The van der Waals surface area contributed by atoms with Crippen LogP contribution in [0.5, 0.6) is 0 Å². The highest BCUT2D eigenvalue weighted by atomic mass is 16.1. The Bertz CT molecular complexity index is 597. The van der Waals surface area contributed by atoms with Gasteiger partial charge in [0.2, 0.25) is 0 Å². The van der Waals surface area contributed by atoms with Crippen molar-refractivity contribution in [3.63, 3.8) is 0 Å². The van der Waals surface area contributed by atoms with Crippen LogP contribution in [0.3, 0.4) is 0 Å². The van der Waals surface area contributed by atoms with E-state index in [1.807, 2.05) is 24.6 Å². The fourth-order valence-corrected chi connectivity index (χ4v) is 2.09. The van der Waals surface area contributed by atoms with Gasteiger partial charge in [0.1, 0.15) is 0 Å². The summed E-state index contributed by atoms with van der Waals surface area (Å²) in [5.41, 5.74) is 8.84. The highest BCUT2D eigenvalue weighted by Gasteiger charge is 2.09. The molecule has 0 saturated carbocycles. The summed E-state index contributed by atoms with van der Waals surface area (Å²) < 4.78 is 3.59. The summed E-state index contributed by atoms with van der Waals surface area (Å²) >= 11 is 0. The molecular formula is C13H18N4O. The standard InChI is InChI=1S/C13H18N4O/c1-10-12(9-14)11(2)17(15-10)8-7-16-6-4-3-5-13(16)18/h3-6H,7-9,14H2,1-2H3. The molecule has 0 radical (unpaired) electrons. The van der Waals surface area contributed by atoms with Crippen LogP contribution >= 0.6 is 0 Å². The zero-order valence-corrected chi connectivity index (χ0v) is 10.8. The molecule has 0 aliphatic heterocycles. The van der Waals surface area contributed by atoms with Crippen LogP contribution < -0.4 is 11.3 Å². The molecule has 0 aliphatic rings. The maximum atomic E-state index is 11.6. The Hall–Kier alpha value is -1.88. The second-order valence-corrected chi connectivity index (χ2v) is 4.31. The summed E-state index contributed by atoms with van der Waals surface area (Å²) in [6, 6.07) is 5.16. The molecular weight excluding hydrogens is 228 g/mol. The fourth-order valence-electron chi connectivity index (χ4n) is 2.09. The van der Waals surface area contributed by atoms with Gasteiger partial charge < -0.3 is 10.3 Å². The smallest absolute Gasteiger partial charge is 0.250 e. The fraction of sp³-hybridized carbons (Fsp3) is 0.385. The van der Waals surface area contributed by atoms with Crippen molar-refractivity contribution in [2.75, 3.05) is 0 Å². The van der Waals surface area contributed by atoms with Gasteiger partial charge in [-0.3, -0.25) is 9.48 Å². The molecule has 0 unspecified atom stereocenters. The lowest BCUT2D eigenvalue weighted by Crippen LogP contribution is -2.21. The molecule has 5 nitrogen and oxygen atoms in total. The second-order valence-electron chi connectivity index (χ2n) is 4.31. The molecule has 0 bridgehead atoms. The highest BCUT2D eigenvalue weighted by Crippen LogP contribution is 2.11. The number of rotatable bonds is 4. The average Bonchev–Trinajstić information content (AvgIpc) is 2.63. The number of aryl methyl sites for hydroxylation is 3. The SMILES string of the molecule is Cc1nn(CCn2ccccc2=O)c(C)c1CN. The van der Waals surface area contributed by atoms with E-state index in [-0.39, 0.29) is 5.56 Å². The van der Waals surface area contributed by atoms with Crippen LogP contribution in [0, 0.1) is 13.8 Å². The van der Waals surface area contributed by atoms with Crippen molar-refractivity contribution >= 4 is 0 Å². The van der Waals surface area contributed by atoms with Crippen molar-refractivity contribution in [3.05, 3.63) is 51.7 Å². The second kappa shape index (κ2) is 5.18. The van der Waals surface area contributed by atoms with Gasteiger partial charge in [-0.1, -0.05) is 6.07 Å². The van der Waals surface area contributed by atoms with Crippen molar-refractivity contribution in [1.29, 1.82) is 0 Å². The molecule has 0 saturated heterocycles. The summed E-state index contributed by atoms with van der Waals surface area (Å²) in [4.78, 5) is 11.6. The Kier molecular flexibility index (Phi) is 3.62. The predicted octanol–water partition coefficient (Wildman–Crippen LogP) is 0.821. The van der Waals surface area contributed by atoms with Gasteiger partial charge in [-0.05, 0) is 19.9 Å². The number of nitrogens with two attached hydrogens (primary N) is 1. The Balaban J connectivity index is 2.16. The molecule has 0 atom stereocenters. The third-order valence-corrected chi connectivity index (χ3v) is 3.19. The molecule has 0 aliphatic carbocycles. The first-order chi connectivity index (χ1) is 8.63. The summed E-state index contributed by atoms with van der Waals surface area (Å²) in [5.74, 6) is 0. The molecule has 0 spiro atoms. The number of nitrogens with zero attached hydrogens (tertiary/aromatic N) is 3. The van der Waals surface area contributed by atoms with Crippen LogP contribution in [0.25, 0.3) is 0 Å². The molecule has 2 aromatic heterocycles. The summed E-state index contributed by atoms with van der Waals surface area (Å²) in [6.07, 6.45) is 1.79. The Morgan fingerprint density at radius 3 is 2.67 bits per heavy atom. The molecule has 0 aromatic carbocycles. The van der Waals surface area contributed by atoms with Gasteiger partial charge in [0.25, 0.3) is 5.56 Å². The van der Waals surface area contributed by atoms with Gasteiger partial charge in [-0.25, -0.2) is 0 Å². The quantitative estimate of drug-likeness (QED) is 0.868. The molecule has 5 heteroatoms. The summed E-state index contributed by atoms with van der Waals surface area (Å²) in [6.45, 7) is 5.77. The van der Waals surface area contributed by atoms with Crippen LogP contribution in [-0.2, 0) is 19.6 Å². The normalized spacial score (nSPS) is 10.8. The van der Waals surface area contributed by atoms with E-state index in [9.17, 15) is 4.79 Å². The maximum Gasteiger partial charge on any atom is 0.250 e. The van der Waals surface area contributed by atoms with Crippen LogP contribution in [0.4, 0.5) is 0 Å². The topological polar surface area (TPSA) is 65.8 Å². The zero-order chi connectivity index (χ0) is 13.1. The van der Waals surface area contributed by atoms with Crippen LogP contribution in [0.1, 0.15) is 17.0 Å². The van der Waals surface area contributed by atoms with Gasteiger partial charge in [0.15, 0.2) is 0 Å². The average molecular weight is 246 g/mol. The van der Waals surface area contributed by atoms with Gasteiger partial charge in [-0.2, -0.15) is 5.10 Å². The molecule has 2 rings (SSSR count). The Labute approximate surface area is 106 Å². The van der Waals surface area contributed by atoms with E-state index >= 15 is 0 Å². The van der Waals surface area contributed by atoms with Gasteiger partial charge >= 0.3 is 0 Å². The van der Waals surface area contributed by atoms with Crippen LogP contribution in [-0.4, -0.2) is 14.3 Å². The zero-order valence-electron chi connectivity index (χ0n) is 10.8. The largest absolute Gasteiger partial charge is 0.326 e. The number of hydrogen-bond acceptors (Lipinski definition) is 3. The van der Waals surface area contributed by atoms with Gasteiger partial charge in [-0.15, -0.1) is 0 Å². The van der Waals surface area contributed by atoms with Crippen molar-refractivity contribution in [1.82, 2.24) is 14.3 Å². The molecule has 2 heterocycles. The molecule has 0 fully saturated rings. The first kappa shape index (κ1) is 12.6. The monoisotopic (exact) mass is 246 g/mol. The van der Waals surface area contributed by atoms with Gasteiger partial charge in [0, 0.05) is 36.6 Å². The minimum Gasteiger partial charge on any atom is -0.326 e. The van der Waals surface area contributed by atoms with E-state index in [4.69, 9.17) is 5.73 Å². The first-order valence-electron chi connectivity index (χ1n) is 6.02. The van der Waals surface area contributed by atoms with E-state index in [1.54, 1.807) is 22.9 Å². The lowest BCUT2D eigenvalue weighted by molar-refractivity contribution is 0.512. The Morgan fingerprint density at radius 1 is 1.28 bits per heavy atom. The van der Waals surface area contributed by atoms with E-state index in [0.29, 0.717) is 19.6 Å². The van der Waals surface area contributed by atoms with E-state index < -0.39 is 0 Å². The maximum absolute atomic E-state index is 11.6. The van der Waals surface area contributed by atoms with E-state index in [1.165, 1.54) is 0 Å². The van der Waals surface area contributed by atoms with Crippen LogP contribution in [0.2, 0.25) is 0 Å². The minimum atomic E-state index is 0.0121. The molecule has 0 amide bonds. The molecule has 2 N–H and O–H groups in total. The predicted molar refractivity (Wildman–Crippen MR) is 70.3 cm³/mol. The highest BCUT2D eigenvalue weighted by molar-refractivity contribution is 5.23.